The smallest absolute Gasteiger partial charge is 0.282 e. The molecule has 0 amide bonds. The summed E-state index contributed by atoms with van der Waals surface area (Å²) in [7, 11) is 1.91. The van der Waals surface area contributed by atoms with Crippen LogP contribution in [-0.4, -0.2) is 28.4 Å². The maximum Gasteiger partial charge on any atom is 0.282 e. The average Bonchev–Trinajstić information content (AvgIpc) is 2.90. The zero-order valence-electron chi connectivity index (χ0n) is 8.75. The summed E-state index contributed by atoms with van der Waals surface area (Å²) in [5, 5.41) is 10.1. The van der Waals surface area contributed by atoms with Crippen molar-refractivity contribution in [3.8, 4) is 10.6 Å². The molecular weight excluding hydrogens is 224 g/mol. The van der Waals surface area contributed by atoms with E-state index in [0.29, 0.717) is 18.2 Å². The van der Waals surface area contributed by atoms with Gasteiger partial charge in [0.1, 0.15) is 0 Å². The van der Waals surface area contributed by atoms with E-state index in [9.17, 15) is 4.79 Å². The van der Waals surface area contributed by atoms with Crippen LogP contribution in [-0.2, 0) is 6.54 Å². The van der Waals surface area contributed by atoms with Crippen LogP contribution in [0.5, 0.6) is 0 Å². The number of anilines is 1. The maximum absolute atomic E-state index is 12.1. The number of likely N-dealkylation sites (N-methyl/N-ethyl adjacent to an activating group) is 1. The van der Waals surface area contributed by atoms with Gasteiger partial charge in [-0.3, -0.25) is 9.36 Å². The van der Waals surface area contributed by atoms with Gasteiger partial charge in [-0.1, -0.05) is 6.07 Å². The molecule has 0 aliphatic carbocycles. The lowest BCUT2D eigenvalue weighted by atomic mass is 10.3. The highest BCUT2D eigenvalue weighted by molar-refractivity contribution is 7.13. The molecule has 2 aromatic rings. The van der Waals surface area contributed by atoms with Crippen LogP contribution in [0.1, 0.15) is 0 Å². The van der Waals surface area contributed by atoms with E-state index in [1.165, 1.54) is 11.3 Å². The van der Waals surface area contributed by atoms with E-state index in [0.717, 1.165) is 11.4 Å². The van der Waals surface area contributed by atoms with Gasteiger partial charge in [-0.2, -0.15) is 0 Å². The molecule has 1 aliphatic rings. The van der Waals surface area contributed by atoms with Gasteiger partial charge < -0.3 is 4.90 Å². The summed E-state index contributed by atoms with van der Waals surface area (Å²) >= 11 is 1.51. The van der Waals surface area contributed by atoms with Crippen molar-refractivity contribution in [2.24, 2.45) is 0 Å². The molecule has 6 heteroatoms. The highest BCUT2D eigenvalue weighted by atomic mass is 32.1. The Kier molecular flexibility index (Phi) is 2.03. The Bertz CT molecular complexity index is 575. The monoisotopic (exact) mass is 234 g/mol. The summed E-state index contributed by atoms with van der Waals surface area (Å²) in [6, 6.07) is 3.80. The molecule has 16 heavy (non-hydrogen) atoms. The first-order chi connectivity index (χ1) is 7.77. The van der Waals surface area contributed by atoms with Crippen LogP contribution in [0, 0.1) is 0 Å². The van der Waals surface area contributed by atoms with Crippen LogP contribution in [0.3, 0.4) is 0 Å². The highest BCUT2D eigenvalue weighted by Gasteiger charge is 2.21. The van der Waals surface area contributed by atoms with Crippen LogP contribution < -0.4 is 10.5 Å². The van der Waals surface area contributed by atoms with E-state index in [2.05, 4.69) is 10.2 Å². The Morgan fingerprint density at radius 3 is 3.00 bits per heavy atom. The molecule has 0 saturated heterocycles. The number of nitrogens with zero attached hydrogens (tertiary/aromatic N) is 4. The molecule has 3 rings (SSSR count). The first-order valence-corrected chi connectivity index (χ1v) is 5.88. The largest absolute Gasteiger partial charge is 0.342 e. The van der Waals surface area contributed by atoms with Gasteiger partial charge in [0.15, 0.2) is 5.69 Å². The Hall–Kier alpha value is -1.69. The number of hydrogen-bond donors (Lipinski definition) is 0. The molecule has 0 aromatic carbocycles. The van der Waals surface area contributed by atoms with Crippen molar-refractivity contribution < 1.29 is 0 Å². The van der Waals surface area contributed by atoms with Crippen molar-refractivity contribution in [1.82, 2.24) is 14.8 Å². The lowest BCUT2D eigenvalue weighted by molar-refractivity contribution is 0.742. The van der Waals surface area contributed by atoms with Gasteiger partial charge in [-0.15, -0.1) is 21.5 Å². The predicted octanol–water partition coefficient (Wildman–Crippen LogP) is 0.817. The Morgan fingerprint density at radius 2 is 2.25 bits per heavy atom. The number of thiophene rings is 1. The number of rotatable bonds is 1. The molecule has 0 saturated carbocycles. The quantitative estimate of drug-likeness (QED) is 0.733. The molecule has 2 aromatic heterocycles. The third kappa shape index (κ3) is 1.26. The second-order valence-corrected chi connectivity index (χ2v) is 4.65. The summed E-state index contributed by atoms with van der Waals surface area (Å²) < 4.78 is 1.68. The number of fused-ring (bicyclic) bond motifs is 1. The molecule has 5 nitrogen and oxygen atoms in total. The van der Waals surface area contributed by atoms with E-state index >= 15 is 0 Å². The molecule has 0 radical (unpaired) electrons. The van der Waals surface area contributed by atoms with E-state index in [1.54, 1.807) is 4.57 Å². The van der Waals surface area contributed by atoms with E-state index < -0.39 is 0 Å². The third-order valence-electron chi connectivity index (χ3n) is 2.68. The Labute approximate surface area is 96.0 Å². The molecule has 3 heterocycles. The highest BCUT2D eigenvalue weighted by Crippen LogP contribution is 2.21. The van der Waals surface area contributed by atoms with Crippen LogP contribution in [0.25, 0.3) is 10.6 Å². The number of aromatic nitrogens is 3. The molecule has 0 fully saturated rings. The van der Waals surface area contributed by atoms with Crippen molar-refractivity contribution in [1.29, 1.82) is 0 Å². The van der Waals surface area contributed by atoms with Gasteiger partial charge in [-0.25, -0.2) is 0 Å². The minimum Gasteiger partial charge on any atom is -0.342 e. The summed E-state index contributed by atoms with van der Waals surface area (Å²) in [6.45, 7) is 1.51. The zero-order chi connectivity index (χ0) is 11.1. The maximum atomic E-state index is 12.1. The van der Waals surface area contributed by atoms with Crippen LogP contribution in [0.4, 0.5) is 5.95 Å². The van der Waals surface area contributed by atoms with Crippen LogP contribution >= 0.6 is 11.3 Å². The molecule has 0 N–H and O–H groups in total. The lowest BCUT2D eigenvalue weighted by Gasteiger charge is -2.08. The first-order valence-electron chi connectivity index (χ1n) is 5.00. The molecule has 0 unspecified atom stereocenters. The normalized spacial score (nSPS) is 14.2. The topological polar surface area (TPSA) is 51.0 Å². The summed E-state index contributed by atoms with van der Waals surface area (Å²) in [5.41, 5.74) is 0.408. The second-order valence-electron chi connectivity index (χ2n) is 3.70. The van der Waals surface area contributed by atoms with Crippen molar-refractivity contribution in [3.63, 3.8) is 0 Å². The van der Waals surface area contributed by atoms with Crippen molar-refractivity contribution >= 4 is 17.3 Å². The van der Waals surface area contributed by atoms with Gasteiger partial charge in [-0.05, 0) is 11.4 Å². The second kappa shape index (κ2) is 3.41. The fourth-order valence-electron chi connectivity index (χ4n) is 1.81. The molecule has 0 bridgehead atoms. The molecule has 82 valence electrons. The van der Waals surface area contributed by atoms with Crippen molar-refractivity contribution in [2.45, 2.75) is 6.54 Å². The summed E-state index contributed by atoms with van der Waals surface area (Å²) in [5.74, 6) is 0.658. The Morgan fingerprint density at radius 1 is 1.38 bits per heavy atom. The summed E-state index contributed by atoms with van der Waals surface area (Å²) in [4.78, 5) is 15.0. The van der Waals surface area contributed by atoms with Gasteiger partial charge in [0, 0.05) is 20.1 Å². The third-order valence-corrected chi connectivity index (χ3v) is 3.56. The molecular formula is C10H10N4OS. The van der Waals surface area contributed by atoms with Crippen molar-refractivity contribution in [2.75, 3.05) is 18.5 Å². The standard InChI is InChI=1S/C10H10N4OS/c1-13-4-5-14-9(15)8(11-12-10(13)14)7-3-2-6-16-7/h2-3,6H,4-5H2,1H3. The van der Waals surface area contributed by atoms with Gasteiger partial charge in [0.2, 0.25) is 5.95 Å². The first kappa shape index (κ1) is 9.53. The van der Waals surface area contributed by atoms with Gasteiger partial charge in [0.05, 0.1) is 4.88 Å². The lowest BCUT2D eigenvalue weighted by Crippen LogP contribution is -2.23. The predicted molar refractivity (Wildman–Crippen MR) is 62.9 cm³/mol. The van der Waals surface area contributed by atoms with Gasteiger partial charge >= 0.3 is 0 Å². The Balaban J connectivity index is 2.21. The van der Waals surface area contributed by atoms with Crippen LogP contribution in [0.15, 0.2) is 22.3 Å². The van der Waals surface area contributed by atoms with E-state index in [1.807, 2.05) is 29.5 Å². The van der Waals surface area contributed by atoms with E-state index in [-0.39, 0.29) is 5.56 Å². The fraction of sp³-hybridized carbons (Fsp3) is 0.300. The molecule has 0 spiro atoms. The minimum atomic E-state index is -0.0446. The SMILES string of the molecule is CN1CCn2c1nnc(-c1cccs1)c2=O. The van der Waals surface area contributed by atoms with Crippen molar-refractivity contribution in [3.05, 3.63) is 27.9 Å². The minimum absolute atomic E-state index is 0.0446. The average molecular weight is 234 g/mol. The summed E-state index contributed by atoms with van der Waals surface area (Å²) in [6.07, 6.45) is 0. The zero-order valence-corrected chi connectivity index (χ0v) is 9.57. The van der Waals surface area contributed by atoms with E-state index in [4.69, 9.17) is 0 Å². The molecule has 0 atom stereocenters. The van der Waals surface area contributed by atoms with Crippen LogP contribution in [0.2, 0.25) is 0 Å². The number of hydrogen-bond acceptors (Lipinski definition) is 5. The van der Waals surface area contributed by atoms with Gasteiger partial charge in [0.25, 0.3) is 5.56 Å². The molecule has 1 aliphatic heterocycles. The fourth-order valence-corrected chi connectivity index (χ4v) is 2.51.